The zero-order valence-corrected chi connectivity index (χ0v) is 17.8. The van der Waals surface area contributed by atoms with E-state index in [1.807, 2.05) is 0 Å². The average molecular weight is 417 g/mol. The summed E-state index contributed by atoms with van der Waals surface area (Å²) < 4.78 is 1.56. The van der Waals surface area contributed by atoms with Gasteiger partial charge in [-0.1, -0.05) is 31.0 Å². The number of nitrogens with one attached hydrogen (secondary N) is 1. The highest BCUT2D eigenvalue weighted by atomic mass is 32.2. The first-order valence-electron chi connectivity index (χ1n) is 9.85. The number of nitriles is 1. The monoisotopic (exact) mass is 416 g/mol. The van der Waals surface area contributed by atoms with Crippen LogP contribution in [-0.2, 0) is 24.7 Å². The van der Waals surface area contributed by atoms with Crippen LogP contribution in [0.2, 0.25) is 0 Å². The van der Waals surface area contributed by atoms with Gasteiger partial charge in [-0.25, -0.2) is 4.98 Å². The van der Waals surface area contributed by atoms with Gasteiger partial charge in [0.25, 0.3) is 5.56 Å². The average Bonchev–Trinajstić information content (AvgIpc) is 3.27. The lowest BCUT2D eigenvalue weighted by Crippen LogP contribution is -2.51. The molecule has 0 bridgehead atoms. The summed E-state index contributed by atoms with van der Waals surface area (Å²) in [7, 11) is 1.72. The number of thioether (sulfide) groups is 1. The number of carbonyl (C=O) groups excluding carboxylic acids is 1. The second-order valence-corrected chi connectivity index (χ2v) is 10.2. The van der Waals surface area contributed by atoms with Crippen molar-refractivity contribution in [3.8, 4) is 6.07 Å². The lowest BCUT2D eigenvalue weighted by Gasteiger charge is -2.32. The first-order chi connectivity index (χ1) is 13.4. The third-order valence-electron chi connectivity index (χ3n) is 5.84. The van der Waals surface area contributed by atoms with E-state index < -0.39 is 10.8 Å². The highest BCUT2D eigenvalue weighted by Gasteiger charge is 2.35. The van der Waals surface area contributed by atoms with Gasteiger partial charge in [0, 0.05) is 11.9 Å². The van der Waals surface area contributed by atoms with Crippen LogP contribution in [0.15, 0.2) is 9.95 Å². The van der Waals surface area contributed by atoms with Crippen LogP contribution in [-0.4, -0.2) is 26.2 Å². The minimum atomic E-state index is -0.748. The fourth-order valence-corrected chi connectivity index (χ4v) is 6.36. The maximum absolute atomic E-state index is 12.9. The van der Waals surface area contributed by atoms with E-state index in [0.29, 0.717) is 18.0 Å². The second kappa shape index (κ2) is 7.53. The van der Waals surface area contributed by atoms with Crippen molar-refractivity contribution in [3.05, 3.63) is 20.8 Å². The zero-order valence-electron chi connectivity index (χ0n) is 16.2. The second-order valence-electron chi connectivity index (χ2n) is 7.80. The molecule has 1 amide bonds. The predicted molar refractivity (Wildman–Crippen MR) is 112 cm³/mol. The molecule has 1 atom stereocenters. The summed E-state index contributed by atoms with van der Waals surface area (Å²) in [5, 5.41) is 13.4. The largest absolute Gasteiger partial charge is 0.337 e. The molecule has 0 radical (unpaired) electrons. The molecule has 2 heterocycles. The molecule has 0 unspecified atom stereocenters. The molecule has 4 rings (SSSR count). The highest BCUT2D eigenvalue weighted by molar-refractivity contribution is 8.00. The third kappa shape index (κ3) is 3.35. The van der Waals surface area contributed by atoms with Crippen molar-refractivity contribution in [2.24, 2.45) is 7.05 Å². The quantitative estimate of drug-likeness (QED) is 0.610. The van der Waals surface area contributed by atoms with Gasteiger partial charge in [0.2, 0.25) is 5.91 Å². The molecule has 1 N–H and O–H groups in total. The molecule has 8 heteroatoms. The molecule has 1 fully saturated rings. The standard InChI is InChI=1S/C20H24N4O2S2/c1-12(16(25)23-20(11-21)9-4-3-5-10-20)27-19-22-17-15(18(26)24(19)2)13-7-6-8-14(13)28-17/h12H,3-10H2,1-2H3,(H,23,25)/t12-/m1/s1. The molecular formula is C20H24N4O2S2. The van der Waals surface area contributed by atoms with E-state index in [1.54, 1.807) is 29.9 Å². The minimum Gasteiger partial charge on any atom is -0.337 e. The minimum absolute atomic E-state index is 0.0275. The van der Waals surface area contributed by atoms with Crippen molar-refractivity contribution < 1.29 is 4.79 Å². The number of fused-ring (bicyclic) bond motifs is 3. The van der Waals surface area contributed by atoms with Gasteiger partial charge >= 0.3 is 0 Å². The molecule has 148 valence electrons. The molecule has 28 heavy (non-hydrogen) atoms. The number of thiophene rings is 1. The van der Waals surface area contributed by atoms with Gasteiger partial charge in [0.05, 0.1) is 16.7 Å². The van der Waals surface area contributed by atoms with Crippen molar-refractivity contribution in [3.63, 3.8) is 0 Å². The lowest BCUT2D eigenvalue weighted by atomic mass is 9.83. The summed E-state index contributed by atoms with van der Waals surface area (Å²) in [5.41, 5.74) is 0.395. The van der Waals surface area contributed by atoms with Crippen LogP contribution in [0.3, 0.4) is 0 Å². The Morgan fingerprint density at radius 2 is 2.07 bits per heavy atom. The zero-order chi connectivity index (χ0) is 19.9. The topological polar surface area (TPSA) is 87.8 Å². The molecule has 0 saturated heterocycles. The van der Waals surface area contributed by atoms with Gasteiger partial charge in [-0.15, -0.1) is 11.3 Å². The van der Waals surface area contributed by atoms with Gasteiger partial charge < -0.3 is 5.32 Å². The first kappa shape index (κ1) is 19.5. The Bertz CT molecular complexity index is 1030. The van der Waals surface area contributed by atoms with Crippen LogP contribution in [0.25, 0.3) is 10.2 Å². The number of rotatable bonds is 4. The van der Waals surface area contributed by atoms with Crippen LogP contribution >= 0.6 is 23.1 Å². The molecule has 2 aromatic rings. The molecule has 2 aromatic heterocycles. The first-order valence-corrected chi connectivity index (χ1v) is 11.5. The summed E-state index contributed by atoms with van der Waals surface area (Å²) in [6.45, 7) is 1.80. The molecule has 2 aliphatic carbocycles. The molecular weight excluding hydrogens is 392 g/mol. The fraction of sp³-hybridized carbons (Fsp3) is 0.600. The number of carbonyl (C=O) groups is 1. The Kier molecular flexibility index (Phi) is 5.23. The molecule has 0 spiro atoms. The van der Waals surface area contributed by atoms with Crippen LogP contribution in [0.4, 0.5) is 0 Å². The summed E-state index contributed by atoms with van der Waals surface area (Å²) in [5.74, 6) is -0.170. The summed E-state index contributed by atoms with van der Waals surface area (Å²) in [4.78, 5) is 32.4. The summed E-state index contributed by atoms with van der Waals surface area (Å²) in [6, 6.07) is 2.32. The van der Waals surface area contributed by atoms with E-state index in [1.165, 1.54) is 22.2 Å². The normalized spacial score (nSPS) is 19.2. The molecule has 6 nitrogen and oxygen atoms in total. The van der Waals surface area contributed by atoms with E-state index in [0.717, 1.165) is 48.7 Å². The van der Waals surface area contributed by atoms with Gasteiger partial charge in [0.15, 0.2) is 5.16 Å². The van der Waals surface area contributed by atoms with Crippen molar-refractivity contribution in [1.29, 1.82) is 5.26 Å². The Morgan fingerprint density at radius 3 is 2.79 bits per heavy atom. The van der Waals surface area contributed by atoms with Gasteiger partial charge in [-0.3, -0.25) is 14.2 Å². The molecule has 0 aromatic carbocycles. The maximum Gasteiger partial charge on any atom is 0.262 e. The molecule has 1 saturated carbocycles. The number of amides is 1. The number of hydrogen-bond acceptors (Lipinski definition) is 6. The van der Waals surface area contributed by atoms with Crippen molar-refractivity contribution in [2.45, 2.75) is 74.2 Å². The van der Waals surface area contributed by atoms with Crippen molar-refractivity contribution in [2.75, 3.05) is 0 Å². The SMILES string of the molecule is C[C@@H](Sc1nc2sc3c(c2c(=O)n1C)CCC3)C(=O)NC1(C#N)CCCCC1. The number of hydrogen-bond donors (Lipinski definition) is 1. The van der Waals surface area contributed by atoms with Gasteiger partial charge in [-0.2, -0.15) is 5.26 Å². The van der Waals surface area contributed by atoms with Crippen LogP contribution in [0.1, 0.15) is 55.9 Å². The smallest absolute Gasteiger partial charge is 0.262 e. The van der Waals surface area contributed by atoms with E-state index >= 15 is 0 Å². The van der Waals surface area contributed by atoms with Crippen molar-refractivity contribution in [1.82, 2.24) is 14.9 Å². The maximum atomic E-state index is 12.9. The Hall–Kier alpha value is -1.85. The van der Waals surface area contributed by atoms with Gasteiger partial charge in [0.1, 0.15) is 10.4 Å². The third-order valence-corrected chi connectivity index (χ3v) is 8.17. The highest BCUT2D eigenvalue weighted by Crippen LogP contribution is 2.36. The molecule has 0 aliphatic heterocycles. The van der Waals surface area contributed by atoms with Crippen LogP contribution < -0.4 is 10.9 Å². The van der Waals surface area contributed by atoms with E-state index in [-0.39, 0.29) is 11.5 Å². The fourth-order valence-electron chi connectivity index (χ4n) is 4.18. The van der Waals surface area contributed by atoms with E-state index in [2.05, 4.69) is 11.4 Å². The Morgan fingerprint density at radius 1 is 1.32 bits per heavy atom. The lowest BCUT2D eigenvalue weighted by molar-refractivity contribution is -0.121. The Balaban J connectivity index is 1.56. The number of aryl methyl sites for hydroxylation is 2. The summed E-state index contributed by atoms with van der Waals surface area (Å²) >= 11 is 2.89. The number of nitrogens with zero attached hydrogens (tertiary/aromatic N) is 3. The van der Waals surface area contributed by atoms with E-state index in [4.69, 9.17) is 4.98 Å². The van der Waals surface area contributed by atoms with E-state index in [9.17, 15) is 14.9 Å². The Labute approximate surface area is 172 Å². The van der Waals surface area contributed by atoms with Crippen LogP contribution in [0.5, 0.6) is 0 Å². The van der Waals surface area contributed by atoms with Crippen molar-refractivity contribution >= 4 is 39.2 Å². The number of aromatic nitrogens is 2. The van der Waals surface area contributed by atoms with Gasteiger partial charge in [-0.05, 0) is 44.6 Å². The van der Waals surface area contributed by atoms with Crippen LogP contribution in [0, 0.1) is 11.3 Å². The molecule has 2 aliphatic rings. The summed E-state index contributed by atoms with van der Waals surface area (Å²) in [6.07, 6.45) is 7.53. The predicted octanol–water partition coefficient (Wildman–Crippen LogP) is 3.31.